The lowest BCUT2D eigenvalue weighted by Crippen LogP contribution is -2.33. The number of unbranched alkanes of at least 4 members (excludes halogenated alkanes) is 8. The van der Waals surface area contributed by atoms with E-state index in [2.05, 4.69) is 13.8 Å². The lowest BCUT2D eigenvalue weighted by molar-refractivity contribution is 0.350. The molecule has 0 aliphatic rings. The van der Waals surface area contributed by atoms with E-state index in [-0.39, 0.29) is 0 Å². The van der Waals surface area contributed by atoms with E-state index in [4.69, 9.17) is 0 Å². The molecule has 0 aromatic rings. The molecule has 0 saturated heterocycles. The van der Waals surface area contributed by atoms with Crippen molar-refractivity contribution < 1.29 is 9.59 Å². The predicted molar refractivity (Wildman–Crippen MR) is 77.3 cm³/mol. The van der Waals surface area contributed by atoms with Crippen molar-refractivity contribution in [3.05, 3.63) is 0 Å². The Hall–Kier alpha value is 0.137. The molecule has 0 saturated carbocycles. The smallest absolute Gasteiger partial charge is 0.332 e. The van der Waals surface area contributed by atoms with Gasteiger partial charge in [-0.05, 0) is 12.1 Å². The molecular formula is C14H32O2Si. The molecule has 0 radical (unpaired) electrons. The minimum atomic E-state index is -2.82. The van der Waals surface area contributed by atoms with Crippen LogP contribution >= 0.6 is 0 Å². The molecule has 0 heterocycles. The van der Waals surface area contributed by atoms with Crippen molar-refractivity contribution >= 4 is 8.56 Å². The highest BCUT2D eigenvalue weighted by Crippen LogP contribution is 2.18. The average Bonchev–Trinajstić information content (AvgIpc) is 2.28. The van der Waals surface area contributed by atoms with Crippen molar-refractivity contribution in [2.75, 3.05) is 0 Å². The van der Waals surface area contributed by atoms with Crippen LogP contribution in [0.1, 0.15) is 78.1 Å². The second-order valence-electron chi connectivity index (χ2n) is 5.31. The standard InChI is InChI=1S/C14H32O2Si/c1-3-5-7-9-11-13-17(15,16)14-12-10-8-6-4-2/h15-16H,3-14H2,1-2H3. The van der Waals surface area contributed by atoms with Gasteiger partial charge in [0.05, 0.1) is 0 Å². The zero-order chi connectivity index (χ0) is 13.0. The lowest BCUT2D eigenvalue weighted by atomic mass is 10.2. The number of rotatable bonds is 12. The zero-order valence-corrected chi connectivity index (χ0v) is 12.9. The molecule has 3 heteroatoms. The van der Waals surface area contributed by atoms with Crippen LogP contribution in [0.3, 0.4) is 0 Å². The quantitative estimate of drug-likeness (QED) is 0.404. The second-order valence-corrected chi connectivity index (χ2v) is 8.28. The van der Waals surface area contributed by atoms with E-state index in [1.54, 1.807) is 0 Å². The molecule has 0 atom stereocenters. The first-order valence-electron chi connectivity index (χ1n) is 7.57. The maximum atomic E-state index is 9.92. The van der Waals surface area contributed by atoms with Gasteiger partial charge in [-0.15, -0.1) is 0 Å². The van der Waals surface area contributed by atoms with Crippen molar-refractivity contribution in [2.24, 2.45) is 0 Å². The molecule has 0 aliphatic heterocycles. The summed E-state index contributed by atoms with van der Waals surface area (Å²) in [6.07, 6.45) is 11.9. The van der Waals surface area contributed by atoms with E-state index in [1.807, 2.05) is 0 Å². The molecule has 0 fully saturated rings. The van der Waals surface area contributed by atoms with Crippen LogP contribution in [-0.2, 0) is 0 Å². The summed E-state index contributed by atoms with van der Waals surface area (Å²) in [7, 11) is -2.82. The molecule has 17 heavy (non-hydrogen) atoms. The van der Waals surface area contributed by atoms with Crippen LogP contribution in [0.15, 0.2) is 0 Å². The Labute approximate surface area is 109 Å². The van der Waals surface area contributed by atoms with Crippen LogP contribution < -0.4 is 0 Å². The van der Waals surface area contributed by atoms with Gasteiger partial charge in [0.25, 0.3) is 0 Å². The maximum absolute atomic E-state index is 9.92. The second kappa shape index (κ2) is 11.2. The Morgan fingerprint density at radius 1 is 0.588 bits per heavy atom. The number of hydrogen-bond donors (Lipinski definition) is 2. The van der Waals surface area contributed by atoms with E-state index in [1.165, 1.54) is 51.4 Å². The molecule has 0 unspecified atom stereocenters. The van der Waals surface area contributed by atoms with E-state index >= 15 is 0 Å². The summed E-state index contributed by atoms with van der Waals surface area (Å²) >= 11 is 0. The summed E-state index contributed by atoms with van der Waals surface area (Å²) in [5.74, 6) is 0. The highest BCUT2D eigenvalue weighted by Gasteiger charge is 2.27. The topological polar surface area (TPSA) is 40.5 Å². The Morgan fingerprint density at radius 3 is 1.29 bits per heavy atom. The third-order valence-electron chi connectivity index (χ3n) is 3.36. The third kappa shape index (κ3) is 12.4. The molecule has 0 aromatic carbocycles. The predicted octanol–water partition coefficient (Wildman–Crippen LogP) is 4.35. The van der Waals surface area contributed by atoms with Gasteiger partial charge in [-0.3, -0.25) is 0 Å². The van der Waals surface area contributed by atoms with Crippen molar-refractivity contribution in [3.8, 4) is 0 Å². The monoisotopic (exact) mass is 260 g/mol. The van der Waals surface area contributed by atoms with Crippen LogP contribution in [-0.4, -0.2) is 18.2 Å². The van der Waals surface area contributed by atoms with Gasteiger partial charge < -0.3 is 9.59 Å². The number of hydrogen-bond acceptors (Lipinski definition) is 2. The van der Waals surface area contributed by atoms with Crippen molar-refractivity contribution in [1.82, 2.24) is 0 Å². The summed E-state index contributed by atoms with van der Waals surface area (Å²) in [4.78, 5) is 19.8. The summed E-state index contributed by atoms with van der Waals surface area (Å²) in [6, 6.07) is 1.37. The van der Waals surface area contributed by atoms with E-state index in [9.17, 15) is 9.59 Å². The Kier molecular flexibility index (Phi) is 11.3. The molecular weight excluding hydrogens is 228 g/mol. The molecule has 0 amide bonds. The molecule has 0 aliphatic carbocycles. The lowest BCUT2D eigenvalue weighted by Gasteiger charge is -2.17. The molecule has 0 aromatic heterocycles. The van der Waals surface area contributed by atoms with Crippen LogP contribution in [0, 0.1) is 0 Å². The summed E-state index contributed by atoms with van der Waals surface area (Å²) < 4.78 is 0. The van der Waals surface area contributed by atoms with E-state index < -0.39 is 8.56 Å². The van der Waals surface area contributed by atoms with Gasteiger partial charge in [-0.25, -0.2) is 0 Å². The third-order valence-corrected chi connectivity index (χ3v) is 5.67. The SMILES string of the molecule is CCCCCCC[Si](O)(O)CCCCCCC. The van der Waals surface area contributed by atoms with Gasteiger partial charge in [0.2, 0.25) is 0 Å². The fourth-order valence-corrected chi connectivity index (χ4v) is 4.03. The molecule has 0 rings (SSSR count). The van der Waals surface area contributed by atoms with Gasteiger partial charge in [-0.2, -0.15) is 0 Å². The van der Waals surface area contributed by atoms with Crippen LogP contribution in [0.2, 0.25) is 12.1 Å². The molecule has 0 spiro atoms. The van der Waals surface area contributed by atoms with E-state index in [0.717, 1.165) is 12.8 Å². The first-order chi connectivity index (χ1) is 8.12. The van der Waals surface area contributed by atoms with Gasteiger partial charge >= 0.3 is 8.56 Å². The van der Waals surface area contributed by atoms with Gasteiger partial charge in [0, 0.05) is 0 Å². The first-order valence-corrected chi connectivity index (χ1v) is 9.88. The average molecular weight is 260 g/mol. The van der Waals surface area contributed by atoms with Crippen LogP contribution in [0.4, 0.5) is 0 Å². The molecule has 2 nitrogen and oxygen atoms in total. The minimum absolute atomic E-state index is 0.685. The Balaban J connectivity index is 3.38. The summed E-state index contributed by atoms with van der Waals surface area (Å²) in [6.45, 7) is 4.40. The van der Waals surface area contributed by atoms with Gasteiger partial charge in [-0.1, -0.05) is 78.1 Å². The highest BCUT2D eigenvalue weighted by atomic mass is 28.4. The Bertz CT molecular complexity index is 144. The van der Waals surface area contributed by atoms with Gasteiger partial charge in [0.15, 0.2) is 0 Å². The van der Waals surface area contributed by atoms with Crippen molar-refractivity contribution in [2.45, 2.75) is 90.1 Å². The van der Waals surface area contributed by atoms with E-state index in [0.29, 0.717) is 12.1 Å². The molecule has 2 N–H and O–H groups in total. The highest BCUT2D eigenvalue weighted by molar-refractivity contribution is 6.64. The van der Waals surface area contributed by atoms with Crippen LogP contribution in [0.25, 0.3) is 0 Å². The molecule has 104 valence electrons. The van der Waals surface area contributed by atoms with Crippen LogP contribution in [0.5, 0.6) is 0 Å². The van der Waals surface area contributed by atoms with Crippen molar-refractivity contribution in [3.63, 3.8) is 0 Å². The first kappa shape index (κ1) is 17.1. The normalized spacial score (nSPS) is 12.0. The zero-order valence-electron chi connectivity index (χ0n) is 11.9. The van der Waals surface area contributed by atoms with Crippen molar-refractivity contribution in [1.29, 1.82) is 0 Å². The maximum Gasteiger partial charge on any atom is 0.332 e. The minimum Gasteiger partial charge on any atom is -0.411 e. The largest absolute Gasteiger partial charge is 0.411 e. The summed E-state index contributed by atoms with van der Waals surface area (Å²) in [5, 5.41) is 0. The molecule has 0 bridgehead atoms. The Morgan fingerprint density at radius 2 is 0.941 bits per heavy atom. The van der Waals surface area contributed by atoms with Gasteiger partial charge in [0.1, 0.15) is 0 Å². The fraction of sp³-hybridized carbons (Fsp3) is 1.00. The fourth-order valence-electron chi connectivity index (χ4n) is 2.15. The summed E-state index contributed by atoms with van der Waals surface area (Å²) in [5.41, 5.74) is 0.